The summed E-state index contributed by atoms with van der Waals surface area (Å²) < 4.78 is 39.7. The van der Waals surface area contributed by atoms with Crippen molar-refractivity contribution in [2.24, 2.45) is 5.92 Å². The van der Waals surface area contributed by atoms with Crippen LogP contribution in [-0.2, 0) is 27.8 Å². The van der Waals surface area contributed by atoms with Crippen LogP contribution < -0.4 is 0 Å². The van der Waals surface area contributed by atoms with Gasteiger partial charge in [-0.15, -0.1) is 0 Å². The summed E-state index contributed by atoms with van der Waals surface area (Å²) >= 11 is 0. The van der Waals surface area contributed by atoms with Crippen LogP contribution >= 0.6 is 7.82 Å². The molecule has 2 aliphatic rings. The van der Waals surface area contributed by atoms with E-state index in [-0.39, 0.29) is 37.9 Å². The van der Waals surface area contributed by atoms with Crippen LogP contribution in [-0.4, -0.2) is 81.5 Å². The van der Waals surface area contributed by atoms with Crippen molar-refractivity contribution in [3.05, 3.63) is 0 Å². The van der Waals surface area contributed by atoms with Gasteiger partial charge in [-0.1, -0.05) is 0 Å². The lowest BCUT2D eigenvalue weighted by molar-refractivity contribution is -0.0619. The van der Waals surface area contributed by atoms with Crippen molar-refractivity contribution >= 4 is 23.5 Å². The average Bonchev–Trinajstić information content (AvgIpc) is 3.02. The fourth-order valence-corrected chi connectivity index (χ4v) is 4.49. The maximum absolute atomic E-state index is 12.5. The van der Waals surface area contributed by atoms with Crippen molar-refractivity contribution in [1.82, 2.24) is 0 Å². The van der Waals surface area contributed by atoms with Crippen LogP contribution in [0.2, 0.25) is 5.82 Å². The van der Waals surface area contributed by atoms with E-state index >= 15 is 0 Å². The molecule has 2 N–H and O–H groups in total. The second-order valence-electron chi connectivity index (χ2n) is 8.02. The van der Waals surface area contributed by atoms with Gasteiger partial charge in [-0.25, -0.2) is 4.57 Å². The first-order valence-electron chi connectivity index (χ1n) is 9.76. The van der Waals surface area contributed by atoms with Crippen LogP contribution in [0.25, 0.3) is 0 Å². The zero-order chi connectivity index (χ0) is 21.1. The molecule has 8 unspecified atom stereocenters. The molecule has 1 saturated heterocycles. The number of phosphoric acid groups is 1. The standard InChI is InChI=1S/C17H31B2O8P/c1-9(2)23-7-11-13(5-12(18)17(11)20)27-28(21,22)24-8-15-14(25-10(3)4)6-16(19)26-15/h9-17,20H,5-8H2,1-4H3,(H,21,22). The van der Waals surface area contributed by atoms with Gasteiger partial charge in [0.1, 0.15) is 14.0 Å². The third-order valence-corrected chi connectivity index (χ3v) is 5.84. The molecule has 1 aliphatic carbocycles. The molecule has 0 aromatic carbocycles. The van der Waals surface area contributed by atoms with Gasteiger partial charge in [0.05, 0.1) is 51.6 Å². The quantitative estimate of drug-likeness (QED) is 0.406. The summed E-state index contributed by atoms with van der Waals surface area (Å²) in [4.78, 5) is 10.2. The highest BCUT2D eigenvalue weighted by Gasteiger charge is 2.45. The molecule has 2 rings (SSSR count). The van der Waals surface area contributed by atoms with Gasteiger partial charge in [0, 0.05) is 11.9 Å². The van der Waals surface area contributed by atoms with E-state index in [1.165, 1.54) is 0 Å². The van der Waals surface area contributed by atoms with Gasteiger partial charge in [0.15, 0.2) is 0 Å². The lowest BCUT2D eigenvalue weighted by atomic mass is 9.83. The Kier molecular flexibility index (Phi) is 9.05. The minimum Gasteiger partial charge on any atom is -0.393 e. The summed E-state index contributed by atoms with van der Waals surface area (Å²) in [6.45, 7) is 7.46. The zero-order valence-electron chi connectivity index (χ0n) is 17.0. The number of hydrogen-bond acceptors (Lipinski definition) is 7. The highest BCUT2D eigenvalue weighted by atomic mass is 31.2. The van der Waals surface area contributed by atoms with Crippen molar-refractivity contribution < 1.29 is 37.8 Å². The van der Waals surface area contributed by atoms with Crippen LogP contribution in [0.1, 0.15) is 40.5 Å². The van der Waals surface area contributed by atoms with Crippen molar-refractivity contribution in [1.29, 1.82) is 0 Å². The molecule has 0 amide bonds. The first-order valence-corrected chi connectivity index (χ1v) is 11.3. The van der Waals surface area contributed by atoms with E-state index in [0.717, 1.165) is 0 Å². The minimum atomic E-state index is -4.41. The normalized spacial score (nSPS) is 38.4. The van der Waals surface area contributed by atoms with E-state index in [1.54, 1.807) is 0 Å². The van der Waals surface area contributed by atoms with Gasteiger partial charge < -0.3 is 24.2 Å². The molecule has 0 aromatic rings. The number of aliphatic hydroxyl groups is 1. The fraction of sp³-hybridized carbons (Fsp3) is 1.00. The van der Waals surface area contributed by atoms with E-state index in [2.05, 4.69) is 0 Å². The molecule has 8 nitrogen and oxygen atoms in total. The Morgan fingerprint density at radius 2 is 1.79 bits per heavy atom. The third-order valence-electron chi connectivity index (χ3n) is 4.83. The van der Waals surface area contributed by atoms with Gasteiger partial charge in [0.25, 0.3) is 0 Å². The Morgan fingerprint density at radius 3 is 2.39 bits per heavy atom. The molecule has 2 fully saturated rings. The number of aliphatic hydroxyl groups excluding tert-OH is 1. The smallest absolute Gasteiger partial charge is 0.393 e. The molecule has 4 radical (unpaired) electrons. The van der Waals surface area contributed by atoms with Gasteiger partial charge in [-0.05, 0) is 46.4 Å². The molecule has 28 heavy (non-hydrogen) atoms. The predicted octanol–water partition coefficient (Wildman–Crippen LogP) is 1.33. The topological polar surface area (TPSA) is 104 Å². The lowest BCUT2D eigenvalue weighted by Gasteiger charge is -2.26. The first-order chi connectivity index (χ1) is 13.0. The number of ether oxygens (including phenoxy) is 3. The molecule has 1 heterocycles. The number of phosphoric ester groups is 1. The van der Waals surface area contributed by atoms with Crippen LogP contribution in [0.15, 0.2) is 0 Å². The summed E-state index contributed by atoms with van der Waals surface area (Å²) in [5.41, 5.74) is 0. The van der Waals surface area contributed by atoms with Crippen LogP contribution in [0.4, 0.5) is 0 Å². The van der Waals surface area contributed by atoms with Crippen LogP contribution in [0, 0.1) is 5.92 Å². The Labute approximate surface area is 170 Å². The van der Waals surface area contributed by atoms with Crippen molar-refractivity contribution in [2.45, 2.75) is 89.0 Å². The van der Waals surface area contributed by atoms with E-state index < -0.39 is 43.9 Å². The Balaban J connectivity index is 1.91. The minimum absolute atomic E-state index is 0.0400. The monoisotopic (exact) mass is 416 g/mol. The van der Waals surface area contributed by atoms with E-state index in [0.29, 0.717) is 6.42 Å². The van der Waals surface area contributed by atoms with Crippen LogP contribution in [0.3, 0.4) is 0 Å². The Bertz CT molecular complexity index is 537. The summed E-state index contributed by atoms with van der Waals surface area (Å²) in [5.74, 6) is -1.08. The molecule has 1 saturated carbocycles. The van der Waals surface area contributed by atoms with E-state index in [1.807, 2.05) is 27.7 Å². The van der Waals surface area contributed by atoms with Crippen LogP contribution in [0.5, 0.6) is 0 Å². The lowest BCUT2D eigenvalue weighted by Crippen LogP contribution is -2.32. The SMILES string of the molecule is [B]C1CC(OC(C)C)C(COP(=O)(O)OC2CC([B])C(O)C2COC(C)C)O1. The molecular weight excluding hydrogens is 385 g/mol. The van der Waals surface area contributed by atoms with Gasteiger partial charge in [-0.2, -0.15) is 0 Å². The molecule has 11 heteroatoms. The molecule has 1 aliphatic heterocycles. The Morgan fingerprint density at radius 1 is 1.11 bits per heavy atom. The summed E-state index contributed by atoms with van der Waals surface area (Å²) in [6.07, 6.45) is -1.93. The second kappa shape index (κ2) is 10.4. The molecule has 0 spiro atoms. The van der Waals surface area contributed by atoms with Crippen molar-refractivity contribution in [3.63, 3.8) is 0 Å². The first kappa shape index (κ1) is 24.4. The van der Waals surface area contributed by atoms with Crippen molar-refractivity contribution in [2.75, 3.05) is 13.2 Å². The molecular formula is C17H31B2O8P. The molecule has 8 atom stereocenters. The molecule has 158 valence electrons. The molecule has 0 bridgehead atoms. The Hall–Kier alpha value is 0.0799. The summed E-state index contributed by atoms with van der Waals surface area (Å²) in [7, 11) is 7.27. The predicted molar refractivity (Wildman–Crippen MR) is 104 cm³/mol. The van der Waals surface area contributed by atoms with Gasteiger partial charge in [-0.3, -0.25) is 9.05 Å². The van der Waals surface area contributed by atoms with E-state index in [9.17, 15) is 14.6 Å². The van der Waals surface area contributed by atoms with E-state index in [4.69, 9.17) is 39.0 Å². The molecule has 0 aromatic heterocycles. The van der Waals surface area contributed by atoms with Gasteiger partial charge >= 0.3 is 7.82 Å². The highest BCUT2D eigenvalue weighted by Crippen LogP contribution is 2.50. The summed E-state index contributed by atoms with van der Waals surface area (Å²) in [6, 6.07) is -0.517. The maximum atomic E-state index is 12.5. The summed E-state index contributed by atoms with van der Waals surface area (Å²) in [5, 5.41) is 10.2. The second-order valence-corrected chi connectivity index (χ2v) is 9.42. The number of rotatable bonds is 10. The third kappa shape index (κ3) is 7.10. The zero-order valence-corrected chi connectivity index (χ0v) is 17.9. The van der Waals surface area contributed by atoms with Crippen molar-refractivity contribution in [3.8, 4) is 0 Å². The largest absolute Gasteiger partial charge is 0.472 e. The maximum Gasteiger partial charge on any atom is 0.472 e. The average molecular weight is 416 g/mol. The van der Waals surface area contributed by atoms with Gasteiger partial charge in [0.2, 0.25) is 0 Å². The highest BCUT2D eigenvalue weighted by molar-refractivity contribution is 7.47. The number of hydrogen-bond donors (Lipinski definition) is 2. The fourth-order valence-electron chi connectivity index (χ4n) is 3.51.